The van der Waals surface area contributed by atoms with Crippen LogP contribution >= 0.6 is 0 Å². The smallest absolute Gasteiger partial charge is 0.252 e. The molecule has 152 valence electrons. The summed E-state index contributed by atoms with van der Waals surface area (Å²) in [6, 6.07) is 10.3. The Bertz CT molecular complexity index is 902. The number of anilines is 1. The molecule has 1 aromatic carbocycles. The van der Waals surface area contributed by atoms with Crippen molar-refractivity contribution in [1.82, 2.24) is 14.9 Å². The molecule has 4 rings (SSSR count). The molecule has 6 heteroatoms. The predicted molar refractivity (Wildman–Crippen MR) is 114 cm³/mol. The van der Waals surface area contributed by atoms with E-state index in [0.29, 0.717) is 31.5 Å². The Morgan fingerprint density at radius 2 is 1.79 bits per heavy atom. The van der Waals surface area contributed by atoms with Crippen LogP contribution in [0.2, 0.25) is 0 Å². The third-order valence-electron chi connectivity index (χ3n) is 5.80. The Morgan fingerprint density at radius 3 is 2.48 bits per heavy atom. The number of terminal acetylenes is 1. The molecule has 0 radical (unpaired) electrons. The molecule has 3 heterocycles. The maximum atomic E-state index is 12.2. The first-order valence-corrected chi connectivity index (χ1v) is 10.4. The first-order valence-electron chi connectivity index (χ1n) is 10.4. The van der Waals surface area contributed by atoms with Gasteiger partial charge >= 0.3 is 0 Å². The maximum absolute atomic E-state index is 12.2. The fourth-order valence-electron chi connectivity index (χ4n) is 4.12. The lowest BCUT2D eigenvalue weighted by Crippen LogP contribution is -2.39. The second kappa shape index (κ2) is 9.25. The highest BCUT2D eigenvalue weighted by molar-refractivity contribution is 5.32. The van der Waals surface area contributed by atoms with Crippen molar-refractivity contribution in [2.24, 2.45) is 0 Å². The van der Waals surface area contributed by atoms with Gasteiger partial charge in [-0.2, -0.15) is 0 Å². The second-order valence-electron chi connectivity index (χ2n) is 7.84. The molecule has 6 nitrogen and oxygen atoms in total. The van der Waals surface area contributed by atoms with Gasteiger partial charge in [0.1, 0.15) is 0 Å². The van der Waals surface area contributed by atoms with Gasteiger partial charge in [0.15, 0.2) is 0 Å². The Kier molecular flexibility index (Phi) is 6.28. The van der Waals surface area contributed by atoms with E-state index in [-0.39, 0.29) is 5.56 Å². The van der Waals surface area contributed by atoms with Crippen LogP contribution in [0.15, 0.2) is 35.1 Å². The highest BCUT2D eigenvalue weighted by Gasteiger charge is 2.23. The van der Waals surface area contributed by atoms with E-state index >= 15 is 0 Å². The van der Waals surface area contributed by atoms with Crippen molar-refractivity contribution >= 4 is 5.95 Å². The monoisotopic (exact) mass is 392 g/mol. The Hall–Kier alpha value is -2.62. The maximum Gasteiger partial charge on any atom is 0.252 e. The minimum atomic E-state index is -0.0639. The molecule has 2 aliphatic rings. The molecule has 0 amide bonds. The minimum Gasteiger partial charge on any atom is -0.378 e. The largest absolute Gasteiger partial charge is 0.378 e. The predicted octanol–water partition coefficient (Wildman–Crippen LogP) is 2.16. The molecular formula is C23H28N4O2. The van der Waals surface area contributed by atoms with Crippen LogP contribution in [0.1, 0.15) is 35.6 Å². The van der Waals surface area contributed by atoms with Gasteiger partial charge in [0.2, 0.25) is 5.95 Å². The van der Waals surface area contributed by atoms with Crippen LogP contribution in [0.25, 0.3) is 0 Å². The molecule has 0 saturated carbocycles. The summed E-state index contributed by atoms with van der Waals surface area (Å²) in [6.45, 7) is 5.86. The van der Waals surface area contributed by atoms with Gasteiger partial charge in [-0.3, -0.25) is 14.7 Å². The van der Waals surface area contributed by atoms with E-state index in [1.54, 1.807) is 6.07 Å². The van der Waals surface area contributed by atoms with Crippen molar-refractivity contribution in [3.8, 4) is 12.3 Å². The molecular weight excluding hydrogens is 364 g/mol. The fraction of sp³-hybridized carbons (Fsp3) is 0.478. The fourth-order valence-corrected chi connectivity index (χ4v) is 4.12. The van der Waals surface area contributed by atoms with Crippen LogP contribution in [0.3, 0.4) is 0 Å². The van der Waals surface area contributed by atoms with Crippen molar-refractivity contribution in [3.63, 3.8) is 0 Å². The Balaban J connectivity index is 1.36. The van der Waals surface area contributed by atoms with Crippen molar-refractivity contribution in [3.05, 3.63) is 57.5 Å². The number of H-pyrrole nitrogens is 1. The quantitative estimate of drug-likeness (QED) is 0.790. The number of benzene rings is 1. The van der Waals surface area contributed by atoms with Crippen molar-refractivity contribution in [1.29, 1.82) is 0 Å². The zero-order valence-electron chi connectivity index (χ0n) is 16.8. The molecule has 2 saturated heterocycles. The minimum absolute atomic E-state index is 0.0639. The normalized spacial score (nSPS) is 18.5. The van der Waals surface area contributed by atoms with Gasteiger partial charge < -0.3 is 9.64 Å². The first-order chi connectivity index (χ1) is 14.2. The highest BCUT2D eigenvalue weighted by Crippen LogP contribution is 2.27. The molecule has 0 aliphatic carbocycles. The van der Waals surface area contributed by atoms with Crippen LogP contribution in [0.4, 0.5) is 5.95 Å². The molecule has 2 aliphatic heterocycles. The Morgan fingerprint density at radius 1 is 1.10 bits per heavy atom. The molecule has 29 heavy (non-hydrogen) atoms. The summed E-state index contributed by atoms with van der Waals surface area (Å²) in [5.41, 5.74) is 3.36. The number of likely N-dealkylation sites (tertiary alicyclic amines) is 1. The van der Waals surface area contributed by atoms with E-state index in [9.17, 15) is 4.79 Å². The van der Waals surface area contributed by atoms with Gasteiger partial charge in [0, 0.05) is 38.0 Å². The number of morpholine rings is 1. The molecule has 1 aromatic heterocycles. The average Bonchev–Trinajstić information content (AvgIpc) is 2.76. The standard InChI is InChI=1S/C23H28N4O2/c1-2-3-18-4-6-19(7-5-18)17-26-10-8-20(9-11-26)21-16-22(28)25-23(24-21)27-12-14-29-15-13-27/h1,4-7,16,20H,3,8-15,17H2,(H,24,25,28). The number of hydrogen-bond acceptors (Lipinski definition) is 5. The molecule has 2 fully saturated rings. The lowest BCUT2D eigenvalue weighted by atomic mass is 9.93. The molecule has 0 unspecified atom stereocenters. The number of aromatic nitrogens is 2. The van der Waals surface area contributed by atoms with Gasteiger partial charge in [-0.15, -0.1) is 12.3 Å². The number of hydrogen-bond donors (Lipinski definition) is 1. The van der Waals surface area contributed by atoms with Crippen molar-refractivity contribution < 1.29 is 4.74 Å². The lowest BCUT2D eigenvalue weighted by molar-refractivity contribution is 0.122. The van der Waals surface area contributed by atoms with Crippen LogP contribution < -0.4 is 10.5 Å². The van der Waals surface area contributed by atoms with Crippen molar-refractivity contribution in [2.75, 3.05) is 44.3 Å². The van der Waals surface area contributed by atoms with Crippen LogP contribution in [-0.4, -0.2) is 54.3 Å². The highest BCUT2D eigenvalue weighted by atomic mass is 16.5. The average molecular weight is 393 g/mol. The zero-order chi connectivity index (χ0) is 20.1. The van der Waals surface area contributed by atoms with Gasteiger partial charge in [0.25, 0.3) is 5.56 Å². The van der Waals surface area contributed by atoms with Crippen LogP contribution in [-0.2, 0) is 17.7 Å². The van der Waals surface area contributed by atoms with Gasteiger partial charge in [0.05, 0.1) is 18.9 Å². The molecule has 2 aromatic rings. The summed E-state index contributed by atoms with van der Waals surface area (Å²) in [4.78, 5) is 24.5. The van der Waals surface area contributed by atoms with E-state index in [0.717, 1.165) is 51.3 Å². The summed E-state index contributed by atoms with van der Waals surface area (Å²) in [6.07, 6.45) is 8.10. The number of nitrogens with zero attached hydrogens (tertiary/aromatic N) is 3. The van der Waals surface area contributed by atoms with E-state index in [1.807, 2.05) is 0 Å². The zero-order valence-corrected chi connectivity index (χ0v) is 16.8. The summed E-state index contributed by atoms with van der Waals surface area (Å²) in [7, 11) is 0. The Labute approximate surface area is 171 Å². The van der Waals surface area contributed by atoms with E-state index in [1.165, 1.54) is 11.1 Å². The molecule has 0 bridgehead atoms. The third kappa shape index (κ3) is 5.06. The molecule has 1 N–H and O–H groups in total. The van der Waals surface area contributed by atoms with Gasteiger partial charge in [-0.1, -0.05) is 24.3 Å². The van der Waals surface area contributed by atoms with Crippen LogP contribution in [0, 0.1) is 12.3 Å². The van der Waals surface area contributed by atoms with E-state index in [4.69, 9.17) is 16.1 Å². The van der Waals surface area contributed by atoms with E-state index in [2.05, 4.69) is 45.0 Å². The van der Waals surface area contributed by atoms with Crippen molar-refractivity contribution in [2.45, 2.75) is 31.7 Å². The number of ether oxygens (including phenoxy) is 1. The molecule has 0 atom stereocenters. The topological polar surface area (TPSA) is 61.5 Å². The van der Waals surface area contributed by atoms with Gasteiger partial charge in [-0.25, -0.2) is 4.98 Å². The van der Waals surface area contributed by atoms with E-state index < -0.39 is 0 Å². The summed E-state index contributed by atoms with van der Waals surface area (Å²) >= 11 is 0. The SMILES string of the molecule is C#CCc1ccc(CN2CCC(c3cc(=O)[nH]c(N4CCOCC4)n3)CC2)cc1. The third-order valence-corrected chi connectivity index (χ3v) is 5.80. The number of piperidine rings is 1. The number of aromatic amines is 1. The summed E-state index contributed by atoms with van der Waals surface area (Å²) in [5, 5.41) is 0. The number of nitrogens with one attached hydrogen (secondary N) is 1. The van der Waals surface area contributed by atoms with Crippen LogP contribution in [0.5, 0.6) is 0 Å². The summed E-state index contributed by atoms with van der Waals surface area (Å²) in [5.74, 6) is 3.71. The first kappa shape index (κ1) is 19.7. The molecule has 0 spiro atoms. The second-order valence-corrected chi connectivity index (χ2v) is 7.84. The summed E-state index contributed by atoms with van der Waals surface area (Å²) < 4.78 is 5.40. The lowest BCUT2D eigenvalue weighted by Gasteiger charge is -2.32. The van der Waals surface area contributed by atoms with Gasteiger partial charge in [-0.05, 0) is 37.1 Å². The number of rotatable bonds is 5.